The van der Waals surface area contributed by atoms with Crippen molar-refractivity contribution >= 4 is 40.3 Å². The Kier molecular flexibility index (Phi) is 4.82. The van der Waals surface area contributed by atoms with Gasteiger partial charge in [0.2, 0.25) is 5.78 Å². The van der Waals surface area contributed by atoms with Crippen molar-refractivity contribution in [3.63, 3.8) is 0 Å². The molecule has 6 rings (SSSR count). The molecule has 2 aromatic heterocycles. The number of imide groups is 1. The second kappa shape index (κ2) is 7.92. The lowest BCUT2D eigenvalue weighted by atomic mass is 10.1. The van der Waals surface area contributed by atoms with Crippen molar-refractivity contribution in [2.24, 2.45) is 0 Å². The van der Waals surface area contributed by atoms with E-state index in [9.17, 15) is 14.4 Å². The molecule has 0 fully saturated rings. The first-order chi connectivity index (χ1) is 17.0. The predicted molar refractivity (Wildman–Crippen MR) is 133 cm³/mol. The van der Waals surface area contributed by atoms with Crippen LogP contribution in [0.1, 0.15) is 31.8 Å². The monoisotopic (exact) mass is 481 g/mol. The summed E-state index contributed by atoms with van der Waals surface area (Å²) in [4.78, 5) is 40.3. The van der Waals surface area contributed by atoms with Crippen LogP contribution in [-0.4, -0.2) is 41.8 Å². The highest BCUT2D eigenvalue weighted by Crippen LogP contribution is 2.28. The van der Waals surface area contributed by atoms with E-state index in [1.165, 1.54) is 16.7 Å². The highest BCUT2D eigenvalue weighted by atomic mass is 32.2. The lowest BCUT2D eigenvalue weighted by Crippen LogP contribution is -2.29. The van der Waals surface area contributed by atoms with Crippen LogP contribution in [0.2, 0.25) is 0 Å². The number of nitrogens with zero attached hydrogens (tertiary/aromatic N) is 5. The smallest absolute Gasteiger partial charge is 0.267 e. The third-order valence-corrected chi connectivity index (χ3v) is 7.10. The molecule has 0 atom stereocenters. The molecule has 0 saturated heterocycles. The van der Waals surface area contributed by atoms with Gasteiger partial charge in [-0.3, -0.25) is 23.7 Å². The number of para-hydroxylation sites is 1. The van der Waals surface area contributed by atoms with E-state index in [0.29, 0.717) is 33.0 Å². The highest BCUT2D eigenvalue weighted by molar-refractivity contribution is 7.99. The van der Waals surface area contributed by atoms with Crippen molar-refractivity contribution < 1.29 is 9.59 Å². The van der Waals surface area contributed by atoms with Gasteiger partial charge in [0.25, 0.3) is 17.4 Å². The fourth-order valence-electron chi connectivity index (χ4n) is 4.52. The van der Waals surface area contributed by atoms with Gasteiger partial charge < -0.3 is 0 Å². The molecular weight excluding hydrogens is 462 g/mol. The highest BCUT2D eigenvalue weighted by Gasteiger charge is 2.35. The molecule has 0 bridgehead atoms. The first kappa shape index (κ1) is 21.3. The van der Waals surface area contributed by atoms with Crippen LogP contribution in [0.15, 0.2) is 76.7 Å². The molecule has 172 valence electrons. The van der Waals surface area contributed by atoms with Crippen LogP contribution < -0.4 is 5.56 Å². The van der Waals surface area contributed by atoms with E-state index in [4.69, 9.17) is 0 Å². The molecule has 35 heavy (non-hydrogen) atoms. The minimum Gasteiger partial charge on any atom is -0.269 e. The number of hydrogen-bond acceptors (Lipinski definition) is 6. The van der Waals surface area contributed by atoms with Gasteiger partial charge in [-0.25, -0.2) is 4.57 Å². The minimum absolute atomic E-state index is 0.0736. The maximum absolute atomic E-state index is 13.5. The van der Waals surface area contributed by atoms with Crippen molar-refractivity contribution in [3.8, 4) is 5.69 Å². The average Bonchev–Trinajstić information content (AvgIpc) is 3.38. The summed E-state index contributed by atoms with van der Waals surface area (Å²) < 4.78 is 3.37. The zero-order chi connectivity index (χ0) is 24.3. The van der Waals surface area contributed by atoms with E-state index in [1.807, 2.05) is 50.2 Å². The van der Waals surface area contributed by atoms with E-state index in [2.05, 4.69) is 10.2 Å². The molecule has 1 aliphatic heterocycles. The van der Waals surface area contributed by atoms with Crippen molar-refractivity contribution in [1.29, 1.82) is 0 Å². The van der Waals surface area contributed by atoms with Gasteiger partial charge >= 0.3 is 0 Å². The summed E-state index contributed by atoms with van der Waals surface area (Å²) in [7, 11) is 0. The molecule has 3 heterocycles. The lowest BCUT2D eigenvalue weighted by Gasteiger charge is -2.15. The number of carbonyl (C=O) groups is 2. The summed E-state index contributed by atoms with van der Waals surface area (Å²) in [5, 5.41) is 9.70. The number of fused-ring (bicyclic) bond motifs is 4. The Balaban J connectivity index is 1.48. The van der Waals surface area contributed by atoms with Crippen LogP contribution in [0.5, 0.6) is 0 Å². The number of benzene rings is 3. The third-order valence-electron chi connectivity index (χ3n) is 6.19. The molecule has 0 N–H and O–H groups in total. The van der Waals surface area contributed by atoms with Crippen LogP contribution in [0.25, 0.3) is 22.4 Å². The molecule has 0 unspecified atom stereocenters. The van der Waals surface area contributed by atoms with Gasteiger partial charge in [0.1, 0.15) is 0 Å². The Labute approximate surface area is 203 Å². The van der Waals surface area contributed by atoms with Gasteiger partial charge in [0.15, 0.2) is 5.16 Å². The van der Waals surface area contributed by atoms with Gasteiger partial charge in [-0.05, 0) is 49.7 Å². The molecule has 0 radical (unpaired) electrons. The topological polar surface area (TPSA) is 89.6 Å². The SMILES string of the molecule is Cc1ccc(-n2c(=O)c3ccccc3n3c(SCN4C(=O)c5ccccc5C4=O)nnc23)c(C)c1. The Bertz CT molecular complexity index is 1720. The van der Waals surface area contributed by atoms with E-state index in [-0.39, 0.29) is 23.3 Å². The normalized spacial score (nSPS) is 13.3. The molecule has 0 aliphatic carbocycles. The third kappa shape index (κ3) is 3.19. The summed E-state index contributed by atoms with van der Waals surface area (Å²) in [6.07, 6.45) is 0. The fourth-order valence-corrected chi connectivity index (χ4v) is 5.41. The molecule has 2 amide bonds. The fraction of sp³-hybridized carbons (Fsp3) is 0.115. The number of thioether (sulfide) groups is 1. The van der Waals surface area contributed by atoms with E-state index in [1.54, 1.807) is 39.3 Å². The van der Waals surface area contributed by atoms with Gasteiger partial charge in [-0.15, -0.1) is 10.2 Å². The summed E-state index contributed by atoms with van der Waals surface area (Å²) in [5.74, 6) is -0.220. The molecule has 3 aromatic carbocycles. The maximum atomic E-state index is 13.5. The molecule has 9 heteroatoms. The Hall–Kier alpha value is -4.24. The second-order valence-electron chi connectivity index (χ2n) is 8.42. The van der Waals surface area contributed by atoms with Crippen LogP contribution in [0, 0.1) is 13.8 Å². The minimum atomic E-state index is -0.330. The molecule has 1 aliphatic rings. The molecule has 5 aromatic rings. The van der Waals surface area contributed by atoms with Gasteiger partial charge in [-0.2, -0.15) is 0 Å². The number of hydrogen-bond donors (Lipinski definition) is 0. The largest absolute Gasteiger partial charge is 0.269 e. The number of amides is 2. The zero-order valence-corrected chi connectivity index (χ0v) is 19.7. The van der Waals surface area contributed by atoms with Gasteiger partial charge in [0.05, 0.1) is 33.6 Å². The number of carbonyl (C=O) groups excluding carboxylic acids is 2. The van der Waals surface area contributed by atoms with Crippen molar-refractivity contribution in [2.45, 2.75) is 19.0 Å². The summed E-state index contributed by atoms with van der Waals surface area (Å²) >= 11 is 1.22. The zero-order valence-electron chi connectivity index (χ0n) is 18.9. The molecule has 0 spiro atoms. The van der Waals surface area contributed by atoms with Gasteiger partial charge in [0, 0.05) is 0 Å². The van der Waals surface area contributed by atoms with Crippen LogP contribution in [0.4, 0.5) is 0 Å². The van der Waals surface area contributed by atoms with Gasteiger partial charge in [-0.1, -0.05) is 53.7 Å². The number of aryl methyl sites for hydroxylation is 2. The Morgan fingerprint density at radius 1 is 0.829 bits per heavy atom. The lowest BCUT2D eigenvalue weighted by molar-refractivity contribution is 0.0684. The van der Waals surface area contributed by atoms with E-state index in [0.717, 1.165) is 16.8 Å². The maximum Gasteiger partial charge on any atom is 0.267 e. The first-order valence-electron chi connectivity index (χ1n) is 11.0. The van der Waals surface area contributed by atoms with E-state index < -0.39 is 0 Å². The average molecular weight is 482 g/mol. The quantitative estimate of drug-likeness (QED) is 0.285. The van der Waals surface area contributed by atoms with E-state index >= 15 is 0 Å². The molecule has 8 nitrogen and oxygen atoms in total. The van der Waals surface area contributed by atoms with Crippen LogP contribution in [-0.2, 0) is 0 Å². The summed E-state index contributed by atoms with van der Waals surface area (Å²) in [6.45, 7) is 3.95. The second-order valence-corrected chi connectivity index (χ2v) is 9.34. The molecule has 0 saturated carbocycles. The Morgan fingerprint density at radius 3 is 2.23 bits per heavy atom. The summed E-state index contributed by atoms with van der Waals surface area (Å²) in [5.41, 5.74) is 4.02. The standard InChI is InChI=1S/C26H19N5O3S/c1-15-11-12-20(16(2)13-15)30-24(34)19-9-5-6-10-21(19)31-25(30)27-28-26(31)35-14-29-22(32)17-7-3-4-8-18(17)23(29)33/h3-13H,14H2,1-2H3. The van der Waals surface area contributed by atoms with Crippen molar-refractivity contribution in [2.75, 3.05) is 5.88 Å². The van der Waals surface area contributed by atoms with Crippen LogP contribution in [0.3, 0.4) is 0 Å². The van der Waals surface area contributed by atoms with Crippen LogP contribution >= 0.6 is 11.8 Å². The number of aromatic nitrogens is 4. The van der Waals surface area contributed by atoms with Crippen molar-refractivity contribution in [3.05, 3.63) is 99.3 Å². The first-order valence-corrected chi connectivity index (χ1v) is 12.0. The Morgan fingerprint density at radius 2 is 1.51 bits per heavy atom. The van der Waals surface area contributed by atoms with Crippen molar-refractivity contribution in [1.82, 2.24) is 24.1 Å². The molecular formula is C26H19N5O3S. The predicted octanol–water partition coefficient (Wildman–Crippen LogP) is 4.00. The summed E-state index contributed by atoms with van der Waals surface area (Å²) in [6, 6.07) is 19.9. The number of rotatable bonds is 4.